The van der Waals surface area contributed by atoms with E-state index in [-0.39, 0.29) is 30.7 Å². The number of aromatic nitrogens is 1. The summed E-state index contributed by atoms with van der Waals surface area (Å²) >= 11 is 3.36. The van der Waals surface area contributed by atoms with Gasteiger partial charge in [-0.3, -0.25) is 4.79 Å². The zero-order chi connectivity index (χ0) is 14.5. The van der Waals surface area contributed by atoms with E-state index in [1.807, 2.05) is 19.0 Å². The van der Waals surface area contributed by atoms with Gasteiger partial charge in [-0.25, -0.2) is 4.98 Å². The molecule has 1 aromatic heterocycles. The van der Waals surface area contributed by atoms with Gasteiger partial charge in [-0.1, -0.05) is 11.6 Å². The van der Waals surface area contributed by atoms with E-state index >= 15 is 0 Å². The average Bonchev–Trinajstić information content (AvgIpc) is 2.45. The van der Waals surface area contributed by atoms with Crippen molar-refractivity contribution < 1.29 is 4.79 Å². The first-order chi connectivity index (χ1) is 9.58. The van der Waals surface area contributed by atoms with E-state index in [1.165, 1.54) is 5.57 Å². The van der Waals surface area contributed by atoms with Crippen LogP contribution in [0.25, 0.3) is 0 Å². The van der Waals surface area contributed by atoms with Crippen LogP contribution in [0, 0.1) is 0 Å². The molecule has 22 heavy (non-hydrogen) atoms. The molecule has 0 saturated carbocycles. The number of nitrogens with zero attached hydrogens (tertiary/aromatic N) is 2. The Balaban J connectivity index is 0.00000220. The molecule has 2 heterocycles. The van der Waals surface area contributed by atoms with E-state index in [2.05, 4.69) is 37.6 Å². The van der Waals surface area contributed by atoms with Crippen molar-refractivity contribution in [1.82, 2.24) is 15.6 Å². The highest BCUT2D eigenvalue weighted by molar-refractivity contribution is 9.10. The molecule has 5 nitrogen and oxygen atoms in total. The lowest BCUT2D eigenvalue weighted by molar-refractivity contribution is 0.0957. The summed E-state index contributed by atoms with van der Waals surface area (Å²) < 4.78 is 0.800. The molecule has 1 amide bonds. The van der Waals surface area contributed by atoms with E-state index in [0.29, 0.717) is 17.9 Å². The maximum Gasteiger partial charge on any atom is 0.255 e. The summed E-state index contributed by atoms with van der Waals surface area (Å²) in [5, 5.41) is 6.22. The zero-order valence-electron chi connectivity index (χ0n) is 12.6. The minimum Gasteiger partial charge on any atom is -0.362 e. The smallest absolute Gasteiger partial charge is 0.255 e. The van der Waals surface area contributed by atoms with Crippen molar-refractivity contribution in [3.05, 3.63) is 33.9 Å². The second-order valence-electron chi connectivity index (χ2n) is 4.92. The molecule has 124 valence electrons. The molecule has 2 rings (SSSR count). The largest absolute Gasteiger partial charge is 0.362 e. The molecule has 0 radical (unpaired) electrons. The predicted octanol–water partition coefficient (Wildman–Crippen LogP) is 2.40. The van der Waals surface area contributed by atoms with Gasteiger partial charge in [0.1, 0.15) is 5.82 Å². The van der Waals surface area contributed by atoms with Gasteiger partial charge in [-0.15, -0.1) is 24.8 Å². The van der Waals surface area contributed by atoms with E-state index in [4.69, 9.17) is 0 Å². The van der Waals surface area contributed by atoms with Crippen LogP contribution in [0.4, 0.5) is 5.82 Å². The summed E-state index contributed by atoms with van der Waals surface area (Å²) in [5.74, 6) is 0.576. The van der Waals surface area contributed by atoms with Crippen molar-refractivity contribution in [3.63, 3.8) is 0 Å². The van der Waals surface area contributed by atoms with Crippen LogP contribution in [0.3, 0.4) is 0 Å². The van der Waals surface area contributed by atoms with E-state index in [9.17, 15) is 4.79 Å². The van der Waals surface area contributed by atoms with Crippen LogP contribution >= 0.6 is 40.7 Å². The van der Waals surface area contributed by atoms with Crippen molar-refractivity contribution in [2.75, 3.05) is 38.6 Å². The number of amides is 1. The number of carbonyl (C=O) groups is 1. The quantitative estimate of drug-likeness (QED) is 0.747. The Kier molecular flexibility index (Phi) is 9.67. The van der Waals surface area contributed by atoms with Gasteiger partial charge in [0.05, 0.1) is 5.56 Å². The fourth-order valence-corrected chi connectivity index (χ4v) is 2.41. The van der Waals surface area contributed by atoms with Crippen LogP contribution in [0.5, 0.6) is 0 Å². The molecule has 0 fully saturated rings. The topological polar surface area (TPSA) is 57.3 Å². The lowest BCUT2D eigenvalue weighted by atomic mass is 10.1. The number of hydrogen-bond acceptors (Lipinski definition) is 4. The standard InChI is InChI=1S/C14H19BrN4O.2ClH/c1-19(2)13-12(7-11(15)9-17-13)14(20)18-8-10-3-5-16-6-4-10;;/h3,7,9,16H,4-6,8H2,1-2H3,(H,18,20);2*1H. The maximum absolute atomic E-state index is 12.3. The summed E-state index contributed by atoms with van der Waals surface area (Å²) in [5.41, 5.74) is 1.85. The number of pyridine rings is 1. The molecule has 0 aromatic carbocycles. The van der Waals surface area contributed by atoms with Crippen LogP contribution in [0.15, 0.2) is 28.4 Å². The summed E-state index contributed by atoms with van der Waals surface area (Å²) in [4.78, 5) is 18.4. The van der Waals surface area contributed by atoms with Gasteiger partial charge < -0.3 is 15.5 Å². The van der Waals surface area contributed by atoms with Crippen LogP contribution in [-0.2, 0) is 0 Å². The molecule has 1 aliphatic rings. The van der Waals surface area contributed by atoms with Gasteiger partial charge in [0.25, 0.3) is 5.91 Å². The summed E-state index contributed by atoms with van der Waals surface area (Å²) in [6.07, 6.45) is 4.81. The highest BCUT2D eigenvalue weighted by Gasteiger charge is 2.15. The molecular weight excluding hydrogens is 391 g/mol. The molecule has 2 N–H and O–H groups in total. The summed E-state index contributed by atoms with van der Waals surface area (Å²) in [6, 6.07) is 1.80. The minimum absolute atomic E-state index is 0. The van der Waals surface area contributed by atoms with Crippen molar-refractivity contribution in [2.45, 2.75) is 6.42 Å². The van der Waals surface area contributed by atoms with Crippen LogP contribution < -0.4 is 15.5 Å². The molecule has 0 bridgehead atoms. The lowest BCUT2D eigenvalue weighted by Gasteiger charge is -2.17. The van der Waals surface area contributed by atoms with Crippen LogP contribution in [0.2, 0.25) is 0 Å². The molecule has 0 saturated heterocycles. The number of rotatable bonds is 4. The Morgan fingerprint density at radius 1 is 1.45 bits per heavy atom. The predicted molar refractivity (Wildman–Crippen MR) is 98.7 cm³/mol. The van der Waals surface area contributed by atoms with Crippen molar-refractivity contribution in [2.24, 2.45) is 0 Å². The Labute approximate surface area is 151 Å². The van der Waals surface area contributed by atoms with E-state index in [1.54, 1.807) is 12.3 Å². The van der Waals surface area contributed by atoms with Crippen molar-refractivity contribution >= 4 is 52.5 Å². The molecule has 0 atom stereocenters. The fraction of sp³-hybridized carbons (Fsp3) is 0.429. The minimum atomic E-state index is -0.0954. The maximum atomic E-state index is 12.3. The number of hydrogen-bond donors (Lipinski definition) is 2. The number of carbonyl (C=O) groups excluding carboxylic acids is 1. The van der Waals surface area contributed by atoms with Crippen molar-refractivity contribution in [3.8, 4) is 0 Å². The number of halogens is 3. The second-order valence-corrected chi connectivity index (χ2v) is 5.83. The molecule has 1 aliphatic heterocycles. The Morgan fingerprint density at radius 2 is 2.18 bits per heavy atom. The Hall–Kier alpha value is -0.820. The van der Waals surface area contributed by atoms with Gasteiger partial charge in [0.2, 0.25) is 0 Å². The fourth-order valence-electron chi connectivity index (χ4n) is 2.07. The first-order valence-corrected chi connectivity index (χ1v) is 7.37. The van der Waals surface area contributed by atoms with Gasteiger partial charge in [0, 0.05) is 37.9 Å². The highest BCUT2D eigenvalue weighted by atomic mass is 79.9. The third-order valence-electron chi connectivity index (χ3n) is 3.14. The molecule has 0 spiro atoms. The highest BCUT2D eigenvalue weighted by Crippen LogP contribution is 2.20. The van der Waals surface area contributed by atoms with Gasteiger partial charge in [-0.2, -0.15) is 0 Å². The van der Waals surface area contributed by atoms with Crippen LogP contribution in [0.1, 0.15) is 16.8 Å². The summed E-state index contributed by atoms with van der Waals surface area (Å²) in [7, 11) is 3.75. The van der Waals surface area contributed by atoms with Gasteiger partial charge in [-0.05, 0) is 35.0 Å². The Bertz CT molecular complexity index is 538. The first kappa shape index (κ1) is 21.2. The second kappa shape index (κ2) is 10.0. The van der Waals surface area contributed by atoms with Gasteiger partial charge >= 0.3 is 0 Å². The third-order valence-corrected chi connectivity index (χ3v) is 3.57. The number of nitrogens with one attached hydrogen (secondary N) is 2. The molecule has 8 heteroatoms. The monoisotopic (exact) mass is 410 g/mol. The SMILES string of the molecule is CN(C)c1ncc(Br)cc1C(=O)NCC1=CCNCC1.Cl.Cl. The van der Waals surface area contributed by atoms with Crippen LogP contribution in [-0.4, -0.2) is 44.6 Å². The molecular formula is C14H21BrCl2N4O. The van der Waals surface area contributed by atoms with E-state index in [0.717, 1.165) is 24.0 Å². The average molecular weight is 412 g/mol. The molecule has 0 aliphatic carbocycles. The molecule has 1 aromatic rings. The normalized spacial score (nSPS) is 13.3. The van der Waals surface area contributed by atoms with Gasteiger partial charge in [0.15, 0.2) is 0 Å². The van der Waals surface area contributed by atoms with E-state index < -0.39 is 0 Å². The lowest BCUT2D eigenvalue weighted by Crippen LogP contribution is -2.30. The number of anilines is 1. The zero-order valence-corrected chi connectivity index (χ0v) is 15.8. The molecule has 0 unspecified atom stereocenters. The first-order valence-electron chi connectivity index (χ1n) is 6.57. The van der Waals surface area contributed by atoms with Crippen molar-refractivity contribution in [1.29, 1.82) is 0 Å². The Morgan fingerprint density at radius 3 is 2.77 bits per heavy atom. The third kappa shape index (κ3) is 5.76. The summed E-state index contributed by atoms with van der Waals surface area (Å²) in [6.45, 7) is 2.45.